The summed E-state index contributed by atoms with van der Waals surface area (Å²) in [6.45, 7) is 1.25. The molecule has 2 aromatic rings. The van der Waals surface area contributed by atoms with Gasteiger partial charge in [0.1, 0.15) is 5.75 Å². The van der Waals surface area contributed by atoms with Crippen LogP contribution in [0.2, 0.25) is 0 Å². The first-order chi connectivity index (χ1) is 13.0. The second kappa shape index (κ2) is 7.57. The van der Waals surface area contributed by atoms with Gasteiger partial charge in [-0.1, -0.05) is 19.1 Å². The number of hydrogen-bond acceptors (Lipinski definition) is 5. The number of carbonyl (C=O) groups is 3. The second-order valence-electron chi connectivity index (χ2n) is 6.01. The molecule has 140 valence electrons. The molecule has 1 heterocycles. The molecular formula is C20H18FNO5. The number of Topliss-reactive ketones (excluding diaryl/α,β-unsaturated/α-hetero) is 1. The van der Waals surface area contributed by atoms with Crippen LogP contribution in [0.5, 0.6) is 11.5 Å². The van der Waals surface area contributed by atoms with E-state index in [-0.39, 0.29) is 16.9 Å². The molecule has 0 bridgehead atoms. The standard InChI is InChI=1S/C20H18FNO5/c1-3-16-20(25)22(19(24)13-6-4-5-7-17(13)27-16)11-15(23)12-8-9-18(26-2)14(21)10-12/h4-10,16H,3,11H2,1-2H3/t16-/m1/s1. The fourth-order valence-corrected chi connectivity index (χ4v) is 2.85. The van der Waals surface area contributed by atoms with Crippen molar-refractivity contribution >= 4 is 17.6 Å². The molecule has 1 atom stereocenters. The number of fused-ring (bicyclic) bond motifs is 1. The fourth-order valence-electron chi connectivity index (χ4n) is 2.85. The van der Waals surface area contributed by atoms with Crippen molar-refractivity contribution in [2.24, 2.45) is 0 Å². The molecule has 27 heavy (non-hydrogen) atoms. The molecule has 0 unspecified atom stereocenters. The fraction of sp³-hybridized carbons (Fsp3) is 0.250. The number of carbonyl (C=O) groups excluding carboxylic acids is 3. The monoisotopic (exact) mass is 371 g/mol. The number of halogens is 1. The predicted molar refractivity (Wildman–Crippen MR) is 94.5 cm³/mol. The summed E-state index contributed by atoms with van der Waals surface area (Å²) in [4.78, 5) is 39.0. The molecule has 0 radical (unpaired) electrons. The Morgan fingerprint density at radius 1 is 1.22 bits per heavy atom. The van der Waals surface area contributed by atoms with Crippen molar-refractivity contribution in [2.45, 2.75) is 19.4 Å². The lowest BCUT2D eigenvalue weighted by molar-refractivity contribution is -0.135. The van der Waals surface area contributed by atoms with Gasteiger partial charge in [-0.25, -0.2) is 4.39 Å². The highest BCUT2D eigenvalue weighted by Gasteiger charge is 2.36. The average molecular weight is 371 g/mol. The lowest BCUT2D eigenvalue weighted by Gasteiger charge is -2.21. The minimum absolute atomic E-state index is 0.00171. The maximum atomic E-state index is 13.9. The van der Waals surface area contributed by atoms with E-state index in [2.05, 4.69) is 0 Å². The number of para-hydroxylation sites is 1. The highest BCUT2D eigenvalue weighted by molar-refractivity contribution is 6.12. The number of rotatable bonds is 5. The van der Waals surface area contributed by atoms with E-state index < -0.39 is 36.1 Å². The number of ether oxygens (including phenoxy) is 2. The van der Waals surface area contributed by atoms with Crippen LogP contribution in [0.4, 0.5) is 4.39 Å². The molecular weight excluding hydrogens is 353 g/mol. The normalized spacial score (nSPS) is 16.4. The average Bonchev–Trinajstić information content (AvgIpc) is 2.78. The molecule has 0 aromatic heterocycles. The zero-order valence-electron chi connectivity index (χ0n) is 14.9. The third kappa shape index (κ3) is 3.53. The Balaban J connectivity index is 1.92. The number of methoxy groups -OCH3 is 1. The Morgan fingerprint density at radius 2 is 1.96 bits per heavy atom. The van der Waals surface area contributed by atoms with Crippen LogP contribution in [-0.2, 0) is 4.79 Å². The summed E-state index contributed by atoms with van der Waals surface area (Å²) in [5, 5.41) is 0. The number of imide groups is 1. The van der Waals surface area contributed by atoms with E-state index in [1.807, 2.05) is 0 Å². The van der Waals surface area contributed by atoms with Crippen molar-refractivity contribution in [3.63, 3.8) is 0 Å². The number of benzene rings is 2. The zero-order chi connectivity index (χ0) is 19.6. The van der Waals surface area contributed by atoms with Gasteiger partial charge in [0, 0.05) is 5.56 Å². The van der Waals surface area contributed by atoms with Crippen LogP contribution in [-0.4, -0.2) is 42.3 Å². The van der Waals surface area contributed by atoms with E-state index in [4.69, 9.17) is 9.47 Å². The highest BCUT2D eigenvalue weighted by Crippen LogP contribution is 2.27. The van der Waals surface area contributed by atoms with Crippen LogP contribution in [0.1, 0.15) is 34.1 Å². The quantitative estimate of drug-likeness (QED) is 0.597. The third-order valence-electron chi connectivity index (χ3n) is 4.32. The maximum absolute atomic E-state index is 13.9. The number of nitrogens with zero attached hydrogens (tertiary/aromatic N) is 1. The van der Waals surface area contributed by atoms with Crippen LogP contribution in [0.25, 0.3) is 0 Å². The van der Waals surface area contributed by atoms with E-state index in [1.54, 1.807) is 25.1 Å². The number of ketones is 1. The Hall–Kier alpha value is -3.22. The number of amides is 2. The Bertz CT molecular complexity index is 911. The van der Waals surface area contributed by atoms with Crippen LogP contribution >= 0.6 is 0 Å². The van der Waals surface area contributed by atoms with Gasteiger partial charge in [-0.3, -0.25) is 19.3 Å². The van der Waals surface area contributed by atoms with E-state index >= 15 is 0 Å². The lowest BCUT2D eigenvalue weighted by atomic mass is 10.1. The molecule has 0 aliphatic carbocycles. The Labute approximate surface area is 155 Å². The Kier molecular flexibility index (Phi) is 5.21. The first-order valence-electron chi connectivity index (χ1n) is 8.44. The van der Waals surface area contributed by atoms with Gasteiger partial charge in [0.2, 0.25) is 0 Å². The molecule has 0 fully saturated rings. The van der Waals surface area contributed by atoms with Gasteiger partial charge < -0.3 is 9.47 Å². The minimum atomic E-state index is -0.877. The summed E-state index contributed by atoms with van der Waals surface area (Å²) in [5.41, 5.74) is 0.246. The van der Waals surface area contributed by atoms with Crippen molar-refractivity contribution in [3.8, 4) is 11.5 Å². The van der Waals surface area contributed by atoms with Crippen molar-refractivity contribution in [1.82, 2.24) is 4.90 Å². The summed E-state index contributed by atoms with van der Waals surface area (Å²) in [6.07, 6.45) is -0.541. The van der Waals surface area contributed by atoms with Crippen molar-refractivity contribution in [3.05, 3.63) is 59.4 Å². The molecule has 7 heteroatoms. The van der Waals surface area contributed by atoms with Crippen molar-refractivity contribution in [1.29, 1.82) is 0 Å². The molecule has 6 nitrogen and oxygen atoms in total. The van der Waals surface area contributed by atoms with Gasteiger partial charge in [0.25, 0.3) is 11.8 Å². The summed E-state index contributed by atoms with van der Waals surface area (Å²) >= 11 is 0. The molecule has 1 aliphatic rings. The van der Waals surface area contributed by atoms with Gasteiger partial charge in [0.05, 0.1) is 19.2 Å². The van der Waals surface area contributed by atoms with E-state index in [0.717, 1.165) is 11.0 Å². The summed E-state index contributed by atoms with van der Waals surface area (Å²) in [6, 6.07) is 10.2. The first-order valence-corrected chi connectivity index (χ1v) is 8.44. The van der Waals surface area contributed by atoms with Crippen LogP contribution in [0, 0.1) is 5.82 Å². The first kappa shape index (κ1) is 18.6. The minimum Gasteiger partial charge on any atom is -0.494 e. The maximum Gasteiger partial charge on any atom is 0.270 e. The Morgan fingerprint density at radius 3 is 2.63 bits per heavy atom. The topological polar surface area (TPSA) is 72.9 Å². The molecule has 0 saturated heterocycles. The molecule has 2 aromatic carbocycles. The largest absolute Gasteiger partial charge is 0.494 e. The van der Waals surface area contributed by atoms with Gasteiger partial charge in [0.15, 0.2) is 23.5 Å². The van der Waals surface area contributed by atoms with Crippen LogP contribution < -0.4 is 9.47 Å². The van der Waals surface area contributed by atoms with Gasteiger partial charge in [-0.15, -0.1) is 0 Å². The van der Waals surface area contributed by atoms with E-state index in [0.29, 0.717) is 12.2 Å². The molecule has 1 aliphatic heterocycles. The van der Waals surface area contributed by atoms with E-state index in [1.165, 1.54) is 25.3 Å². The molecule has 0 spiro atoms. The second-order valence-corrected chi connectivity index (χ2v) is 6.01. The third-order valence-corrected chi connectivity index (χ3v) is 4.32. The van der Waals surface area contributed by atoms with Crippen molar-refractivity contribution < 1.29 is 28.2 Å². The predicted octanol–water partition coefficient (Wildman–Crippen LogP) is 2.86. The zero-order valence-corrected chi connectivity index (χ0v) is 14.9. The summed E-state index contributed by atoms with van der Waals surface area (Å²) in [5.74, 6) is -2.17. The smallest absolute Gasteiger partial charge is 0.270 e. The molecule has 0 N–H and O–H groups in total. The molecule has 0 saturated carbocycles. The summed E-state index contributed by atoms with van der Waals surface area (Å²) in [7, 11) is 1.32. The van der Waals surface area contributed by atoms with Crippen LogP contribution in [0.15, 0.2) is 42.5 Å². The van der Waals surface area contributed by atoms with Gasteiger partial charge >= 0.3 is 0 Å². The van der Waals surface area contributed by atoms with Gasteiger partial charge in [-0.2, -0.15) is 0 Å². The molecule has 2 amide bonds. The van der Waals surface area contributed by atoms with Gasteiger partial charge in [-0.05, 0) is 36.8 Å². The summed E-state index contributed by atoms with van der Waals surface area (Å²) < 4.78 is 24.4. The van der Waals surface area contributed by atoms with Crippen molar-refractivity contribution in [2.75, 3.05) is 13.7 Å². The highest BCUT2D eigenvalue weighted by atomic mass is 19.1. The van der Waals surface area contributed by atoms with Crippen LogP contribution in [0.3, 0.4) is 0 Å². The SMILES string of the molecule is CC[C@H]1Oc2ccccc2C(=O)N(CC(=O)c2ccc(OC)c(F)c2)C1=O. The molecule has 3 rings (SSSR count). The van der Waals surface area contributed by atoms with E-state index in [9.17, 15) is 18.8 Å². The lowest BCUT2D eigenvalue weighted by Crippen LogP contribution is -2.45. The number of hydrogen-bond donors (Lipinski definition) is 0.